The second-order valence-corrected chi connectivity index (χ2v) is 6.10. The van der Waals surface area contributed by atoms with Crippen molar-refractivity contribution in [2.45, 2.75) is 13.8 Å². The lowest BCUT2D eigenvalue weighted by Crippen LogP contribution is -2.11. The van der Waals surface area contributed by atoms with Gasteiger partial charge >= 0.3 is 5.97 Å². The number of carbonyl (C=O) groups excluding carboxylic acids is 1. The van der Waals surface area contributed by atoms with E-state index in [1.54, 1.807) is 23.7 Å². The number of para-hydroxylation sites is 1. The number of ether oxygens (including phenoxy) is 1. The van der Waals surface area contributed by atoms with Crippen LogP contribution in [0.5, 0.6) is 5.75 Å². The van der Waals surface area contributed by atoms with Crippen molar-refractivity contribution >= 4 is 29.2 Å². The highest BCUT2D eigenvalue weighted by Gasteiger charge is 2.22. The number of hydrogen-bond donors (Lipinski definition) is 0. The summed E-state index contributed by atoms with van der Waals surface area (Å²) in [6, 6.07) is 14.3. The van der Waals surface area contributed by atoms with Crippen LogP contribution in [0.3, 0.4) is 0 Å². The third kappa shape index (κ3) is 3.16. The van der Waals surface area contributed by atoms with Crippen LogP contribution in [0.15, 0.2) is 48.5 Å². The van der Waals surface area contributed by atoms with E-state index in [9.17, 15) is 4.79 Å². The molecule has 0 saturated carbocycles. The van der Waals surface area contributed by atoms with Crippen molar-refractivity contribution in [1.82, 2.24) is 9.78 Å². The van der Waals surface area contributed by atoms with Gasteiger partial charge in [0.05, 0.1) is 22.1 Å². The van der Waals surface area contributed by atoms with Gasteiger partial charge in [-0.15, -0.1) is 0 Å². The Morgan fingerprint density at radius 1 is 1.08 bits per heavy atom. The number of nitrogens with zero attached hydrogens (tertiary/aromatic N) is 2. The summed E-state index contributed by atoms with van der Waals surface area (Å²) in [7, 11) is 0. The van der Waals surface area contributed by atoms with Gasteiger partial charge in [0, 0.05) is 5.02 Å². The highest BCUT2D eigenvalue weighted by molar-refractivity contribution is 6.35. The lowest BCUT2D eigenvalue weighted by atomic mass is 10.2. The summed E-state index contributed by atoms with van der Waals surface area (Å²) in [6.45, 7) is 3.60. The zero-order valence-corrected chi connectivity index (χ0v) is 14.6. The zero-order chi connectivity index (χ0) is 17.3. The molecule has 1 aromatic heterocycles. The molecule has 0 fully saturated rings. The molecule has 3 rings (SSSR count). The molecule has 0 atom stereocenters. The largest absolute Gasteiger partial charge is 0.421 e. The van der Waals surface area contributed by atoms with E-state index in [-0.39, 0.29) is 10.8 Å². The fourth-order valence-electron chi connectivity index (χ4n) is 2.47. The Balaban J connectivity index is 1.95. The van der Waals surface area contributed by atoms with Gasteiger partial charge in [-0.05, 0) is 44.2 Å². The summed E-state index contributed by atoms with van der Waals surface area (Å²) in [5, 5.41) is 5.20. The molecule has 4 nitrogen and oxygen atoms in total. The lowest BCUT2D eigenvalue weighted by Gasteiger charge is -2.07. The molecule has 0 unspecified atom stereocenters. The van der Waals surface area contributed by atoms with Crippen LogP contribution >= 0.6 is 23.2 Å². The van der Waals surface area contributed by atoms with Gasteiger partial charge in [0.25, 0.3) is 0 Å². The van der Waals surface area contributed by atoms with Crippen LogP contribution in [0.2, 0.25) is 10.0 Å². The van der Waals surface area contributed by atoms with E-state index in [1.165, 1.54) is 6.07 Å². The van der Waals surface area contributed by atoms with Crippen LogP contribution in [0.4, 0.5) is 0 Å². The van der Waals surface area contributed by atoms with E-state index in [0.29, 0.717) is 22.0 Å². The predicted molar refractivity (Wildman–Crippen MR) is 94.5 cm³/mol. The molecule has 122 valence electrons. The Kier molecular flexibility index (Phi) is 4.60. The molecule has 2 aromatic carbocycles. The van der Waals surface area contributed by atoms with Crippen molar-refractivity contribution in [2.24, 2.45) is 0 Å². The minimum Gasteiger partial charge on any atom is -0.421 e. The Labute approximate surface area is 149 Å². The molecule has 0 aliphatic heterocycles. The highest BCUT2D eigenvalue weighted by atomic mass is 35.5. The van der Waals surface area contributed by atoms with Crippen molar-refractivity contribution in [3.8, 4) is 11.4 Å². The molecule has 0 aliphatic rings. The summed E-state index contributed by atoms with van der Waals surface area (Å²) in [4.78, 5) is 12.6. The molecule has 0 N–H and O–H groups in total. The van der Waals surface area contributed by atoms with Gasteiger partial charge in [-0.3, -0.25) is 0 Å². The summed E-state index contributed by atoms with van der Waals surface area (Å²) < 4.78 is 7.13. The molecule has 0 saturated heterocycles. The Morgan fingerprint density at radius 3 is 2.46 bits per heavy atom. The molecule has 0 amide bonds. The van der Waals surface area contributed by atoms with Gasteiger partial charge < -0.3 is 4.74 Å². The summed E-state index contributed by atoms with van der Waals surface area (Å²) in [5.41, 5.74) is 2.59. The number of halogens is 2. The molecular weight excluding hydrogens is 347 g/mol. The van der Waals surface area contributed by atoms with Gasteiger partial charge in [0.1, 0.15) is 11.3 Å². The van der Waals surface area contributed by atoms with E-state index in [1.807, 2.05) is 37.3 Å². The van der Waals surface area contributed by atoms with E-state index >= 15 is 0 Å². The van der Waals surface area contributed by atoms with Gasteiger partial charge in [-0.25, -0.2) is 9.48 Å². The van der Waals surface area contributed by atoms with Crippen LogP contribution in [-0.2, 0) is 0 Å². The molecule has 24 heavy (non-hydrogen) atoms. The number of benzene rings is 2. The average Bonchev–Trinajstić information content (AvgIpc) is 2.85. The van der Waals surface area contributed by atoms with Crippen molar-refractivity contribution in [1.29, 1.82) is 0 Å². The third-order valence-corrected chi connectivity index (χ3v) is 4.12. The molecular formula is C18H14Cl2N2O2. The van der Waals surface area contributed by atoms with Crippen LogP contribution in [0.25, 0.3) is 5.69 Å². The summed E-state index contributed by atoms with van der Waals surface area (Å²) in [5.74, 6) is -0.242. The maximum Gasteiger partial charge on any atom is 0.347 e. The molecule has 0 aliphatic carbocycles. The average molecular weight is 361 g/mol. The van der Waals surface area contributed by atoms with Gasteiger partial charge in [-0.1, -0.05) is 41.4 Å². The molecule has 0 bridgehead atoms. The summed E-state index contributed by atoms with van der Waals surface area (Å²) >= 11 is 11.9. The fourth-order valence-corrected chi connectivity index (χ4v) is 2.91. The lowest BCUT2D eigenvalue weighted by molar-refractivity contribution is 0.0733. The van der Waals surface area contributed by atoms with E-state index in [0.717, 1.165) is 5.69 Å². The maximum atomic E-state index is 12.6. The molecule has 3 aromatic rings. The van der Waals surface area contributed by atoms with Crippen LogP contribution in [-0.4, -0.2) is 15.7 Å². The van der Waals surface area contributed by atoms with Gasteiger partial charge in [0.15, 0.2) is 0 Å². The number of aryl methyl sites for hydroxylation is 1. The summed E-state index contributed by atoms with van der Waals surface area (Å²) in [6.07, 6.45) is 0. The zero-order valence-electron chi connectivity index (χ0n) is 13.1. The van der Waals surface area contributed by atoms with Gasteiger partial charge in [-0.2, -0.15) is 5.10 Å². The Bertz CT molecular complexity index is 905. The van der Waals surface area contributed by atoms with E-state index in [4.69, 9.17) is 27.9 Å². The first kappa shape index (κ1) is 16.6. The number of aromatic nitrogens is 2. The third-order valence-electron chi connectivity index (χ3n) is 3.59. The van der Waals surface area contributed by atoms with Crippen molar-refractivity contribution < 1.29 is 9.53 Å². The second kappa shape index (κ2) is 6.67. The Hall–Kier alpha value is -2.30. The number of hydrogen-bond acceptors (Lipinski definition) is 3. The van der Waals surface area contributed by atoms with Crippen molar-refractivity contribution in [2.75, 3.05) is 0 Å². The smallest absolute Gasteiger partial charge is 0.347 e. The highest BCUT2D eigenvalue weighted by Crippen LogP contribution is 2.29. The minimum absolute atomic E-state index is 0.261. The van der Waals surface area contributed by atoms with Crippen LogP contribution in [0, 0.1) is 13.8 Å². The van der Waals surface area contributed by atoms with E-state index in [2.05, 4.69) is 5.10 Å². The Morgan fingerprint density at radius 2 is 1.79 bits per heavy atom. The first-order valence-electron chi connectivity index (χ1n) is 7.26. The molecule has 6 heteroatoms. The first-order chi connectivity index (χ1) is 11.5. The molecule has 1 heterocycles. The monoisotopic (exact) mass is 360 g/mol. The first-order valence-corrected chi connectivity index (χ1v) is 8.02. The van der Waals surface area contributed by atoms with Gasteiger partial charge in [0.2, 0.25) is 0 Å². The number of carbonyl (C=O) groups is 1. The quantitative estimate of drug-likeness (QED) is 0.486. The van der Waals surface area contributed by atoms with E-state index < -0.39 is 5.97 Å². The molecule has 0 radical (unpaired) electrons. The van der Waals surface area contributed by atoms with Crippen molar-refractivity contribution in [3.05, 3.63) is 75.5 Å². The minimum atomic E-state index is -0.503. The van der Waals surface area contributed by atoms with Crippen LogP contribution in [0.1, 0.15) is 21.7 Å². The predicted octanol–water partition coefficient (Wildman–Crippen LogP) is 5.02. The van der Waals surface area contributed by atoms with Crippen molar-refractivity contribution in [3.63, 3.8) is 0 Å². The normalized spacial score (nSPS) is 10.7. The van der Waals surface area contributed by atoms with Crippen LogP contribution < -0.4 is 4.74 Å². The maximum absolute atomic E-state index is 12.6. The fraction of sp³-hybridized carbons (Fsp3) is 0.111. The second-order valence-electron chi connectivity index (χ2n) is 5.26. The SMILES string of the molecule is Cc1nn(-c2ccccc2)c(C)c1C(=O)Oc1ccc(Cl)cc1Cl. The topological polar surface area (TPSA) is 44.1 Å². The number of esters is 1. The number of rotatable bonds is 3. The molecule has 0 spiro atoms. The standard InChI is InChI=1S/C18H14Cl2N2O2/c1-11-17(12(2)22(21-11)14-6-4-3-5-7-14)18(23)24-16-9-8-13(19)10-15(16)20/h3-10H,1-2H3.